The van der Waals surface area contributed by atoms with Crippen molar-refractivity contribution in [3.63, 3.8) is 0 Å². The first-order valence-corrected chi connectivity index (χ1v) is 7.19. The summed E-state index contributed by atoms with van der Waals surface area (Å²) in [6, 6.07) is 6.01. The zero-order chi connectivity index (χ0) is 12.1. The second kappa shape index (κ2) is 6.34. The lowest BCUT2D eigenvalue weighted by Gasteiger charge is -2.11. The van der Waals surface area contributed by atoms with Gasteiger partial charge in [0.15, 0.2) is 11.5 Å². The molecule has 0 atom stereocenters. The quantitative estimate of drug-likeness (QED) is 0.745. The van der Waals surface area contributed by atoms with Gasteiger partial charge >= 0.3 is 0 Å². The van der Waals surface area contributed by atoms with E-state index < -0.39 is 0 Å². The predicted molar refractivity (Wildman–Crippen MR) is 74.3 cm³/mol. The Balaban J connectivity index is 2.29. The molecule has 0 unspecified atom stereocenters. The molecule has 2 aromatic rings. The normalized spacial score (nSPS) is 10.7. The largest absolute Gasteiger partial charge is 0.488 e. The molecular weight excluding hydrogens is 279 g/mol. The molecule has 0 saturated carbocycles. The molecule has 0 amide bonds. The van der Waals surface area contributed by atoms with Crippen molar-refractivity contribution in [1.82, 2.24) is 0 Å². The molecule has 5 heteroatoms. The Hall–Kier alpha value is -0.640. The standard InChI is InChI=1S/C12H12Cl2O2S/c13-2-4-15-10-7-9-1-6-17-12(9)8-11(10)16-5-3-14/h1,6-8H,2-5H2. The van der Waals surface area contributed by atoms with Gasteiger partial charge < -0.3 is 9.47 Å². The monoisotopic (exact) mass is 290 g/mol. The van der Waals surface area contributed by atoms with E-state index in [2.05, 4.69) is 6.07 Å². The van der Waals surface area contributed by atoms with Crippen molar-refractivity contribution in [2.45, 2.75) is 0 Å². The number of rotatable bonds is 6. The van der Waals surface area contributed by atoms with Gasteiger partial charge in [0, 0.05) is 10.8 Å². The molecule has 0 fully saturated rings. The summed E-state index contributed by atoms with van der Waals surface area (Å²) in [6.07, 6.45) is 0. The van der Waals surface area contributed by atoms with Crippen LogP contribution in [0.3, 0.4) is 0 Å². The van der Waals surface area contributed by atoms with Crippen molar-refractivity contribution < 1.29 is 9.47 Å². The fourth-order valence-electron chi connectivity index (χ4n) is 1.49. The molecule has 0 saturated heterocycles. The fourth-order valence-corrected chi connectivity index (χ4v) is 2.45. The van der Waals surface area contributed by atoms with Gasteiger partial charge in [0.1, 0.15) is 13.2 Å². The Labute approximate surface area is 114 Å². The molecule has 1 aromatic heterocycles. The first-order valence-electron chi connectivity index (χ1n) is 5.24. The number of benzene rings is 1. The van der Waals surface area contributed by atoms with Crippen LogP contribution in [-0.4, -0.2) is 25.0 Å². The number of thiophene rings is 1. The van der Waals surface area contributed by atoms with Crippen LogP contribution in [0.25, 0.3) is 10.1 Å². The summed E-state index contributed by atoms with van der Waals surface area (Å²) in [5, 5.41) is 3.19. The van der Waals surface area contributed by atoms with Crippen LogP contribution in [-0.2, 0) is 0 Å². The highest BCUT2D eigenvalue weighted by molar-refractivity contribution is 7.17. The van der Waals surface area contributed by atoms with E-state index in [1.807, 2.05) is 17.5 Å². The number of halogens is 2. The summed E-state index contributed by atoms with van der Waals surface area (Å²) in [6.45, 7) is 0.935. The zero-order valence-electron chi connectivity index (χ0n) is 9.12. The van der Waals surface area contributed by atoms with E-state index in [0.717, 1.165) is 16.9 Å². The van der Waals surface area contributed by atoms with Gasteiger partial charge in [-0.2, -0.15) is 0 Å². The molecule has 2 rings (SSSR count). The highest BCUT2D eigenvalue weighted by Gasteiger charge is 2.08. The molecule has 0 N–H and O–H groups in total. The minimum absolute atomic E-state index is 0.455. The zero-order valence-corrected chi connectivity index (χ0v) is 11.4. The van der Waals surface area contributed by atoms with E-state index >= 15 is 0 Å². The number of ether oxygens (including phenoxy) is 2. The molecule has 0 spiro atoms. The first kappa shape index (κ1) is 12.8. The minimum atomic E-state index is 0.455. The molecular formula is C12H12Cl2O2S. The molecule has 0 aliphatic heterocycles. The summed E-state index contributed by atoms with van der Waals surface area (Å²) in [5.74, 6) is 2.36. The van der Waals surface area contributed by atoms with Crippen molar-refractivity contribution in [1.29, 1.82) is 0 Å². The highest BCUT2D eigenvalue weighted by Crippen LogP contribution is 2.35. The Bertz CT molecular complexity index is 442. The maximum atomic E-state index is 5.62. The smallest absolute Gasteiger partial charge is 0.162 e. The first-order chi connectivity index (χ1) is 8.35. The van der Waals surface area contributed by atoms with Gasteiger partial charge in [0.05, 0.1) is 11.8 Å². The van der Waals surface area contributed by atoms with Crippen LogP contribution < -0.4 is 9.47 Å². The predicted octanol–water partition coefficient (Wildman–Crippen LogP) is 4.14. The van der Waals surface area contributed by atoms with Crippen LogP contribution in [0.1, 0.15) is 0 Å². The van der Waals surface area contributed by atoms with E-state index in [0.29, 0.717) is 25.0 Å². The second-order valence-corrected chi connectivity index (χ2v) is 5.04. The number of alkyl halides is 2. The Morgan fingerprint density at radius 2 is 1.65 bits per heavy atom. The third kappa shape index (κ3) is 3.18. The van der Waals surface area contributed by atoms with Crippen LogP contribution in [0.2, 0.25) is 0 Å². The van der Waals surface area contributed by atoms with Gasteiger partial charge in [-0.05, 0) is 22.9 Å². The molecule has 0 bridgehead atoms. The van der Waals surface area contributed by atoms with Gasteiger partial charge in [0.25, 0.3) is 0 Å². The topological polar surface area (TPSA) is 18.5 Å². The Morgan fingerprint density at radius 3 is 2.29 bits per heavy atom. The van der Waals surface area contributed by atoms with Gasteiger partial charge in [-0.1, -0.05) is 0 Å². The van der Waals surface area contributed by atoms with Crippen LogP contribution in [0.5, 0.6) is 11.5 Å². The van der Waals surface area contributed by atoms with Gasteiger partial charge in [-0.25, -0.2) is 0 Å². The lowest BCUT2D eigenvalue weighted by atomic mass is 10.2. The minimum Gasteiger partial charge on any atom is -0.488 e. The van der Waals surface area contributed by atoms with E-state index in [4.69, 9.17) is 32.7 Å². The van der Waals surface area contributed by atoms with Gasteiger partial charge in [-0.15, -0.1) is 34.5 Å². The number of fused-ring (bicyclic) bond motifs is 1. The van der Waals surface area contributed by atoms with Crippen molar-refractivity contribution in [3.8, 4) is 11.5 Å². The fraction of sp³-hybridized carbons (Fsp3) is 0.333. The van der Waals surface area contributed by atoms with Crippen molar-refractivity contribution >= 4 is 44.6 Å². The second-order valence-electron chi connectivity index (χ2n) is 3.33. The Kier molecular flexibility index (Phi) is 4.77. The van der Waals surface area contributed by atoms with E-state index in [1.54, 1.807) is 11.3 Å². The third-order valence-electron chi connectivity index (χ3n) is 2.19. The summed E-state index contributed by atoms with van der Waals surface area (Å²) in [4.78, 5) is 0. The van der Waals surface area contributed by atoms with Crippen LogP contribution in [0.4, 0.5) is 0 Å². The molecule has 92 valence electrons. The lowest BCUT2D eigenvalue weighted by molar-refractivity contribution is 0.291. The van der Waals surface area contributed by atoms with E-state index in [1.165, 1.54) is 4.70 Å². The summed E-state index contributed by atoms with van der Waals surface area (Å²) in [7, 11) is 0. The summed E-state index contributed by atoms with van der Waals surface area (Å²) < 4.78 is 12.3. The SMILES string of the molecule is ClCCOc1cc2ccsc2cc1OCCCl. The highest BCUT2D eigenvalue weighted by atomic mass is 35.5. The average Bonchev–Trinajstić information content (AvgIpc) is 2.80. The van der Waals surface area contributed by atoms with Crippen molar-refractivity contribution in [3.05, 3.63) is 23.6 Å². The molecule has 1 aromatic carbocycles. The number of hydrogen-bond donors (Lipinski definition) is 0. The molecule has 1 heterocycles. The summed E-state index contributed by atoms with van der Waals surface area (Å²) >= 11 is 12.9. The lowest BCUT2D eigenvalue weighted by Crippen LogP contribution is -2.03. The van der Waals surface area contributed by atoms with E-state index in [-0.39, 0.29) is 0 Å². The Morgan fingerprint density at radius 1 is 1.00 bits per heavy atom. The van der Waals surface area contributed by atoms with Crippen molar-refractivity contribution in [2.75, 3.05) is 25.0 Å². The van der Waals surface area contributed by atoms with Crippen LogP contribution in [0, 0.1) is 0 Å². The molecule has 0 radical (unpaired) electrons. The van der Waals surface area contributed by atoms with Crippen LogP contribution in [0.15, 0.2) is 23.6 Å². The van der Waals surface area contributed by atoms with Gasteiger partial charge in [-0.3, -0.25) is 0 Å². The van der Waals surface area contributed by atoms with Crippen molar-refractivity contribution in [2.24, 2.45) is 0 Å². The number of hydrogen-bond acceptors (Lipinski definition) is 3. The van der Waals surface area contributed by atoms with Crippen LogP contribution >= 0.6 is 34.5 Å². The maximum Gasteiger partial charge on any atom is 0.162 e. The third-order valence-corrected chi connectivity index (χ3v) is 3.38. The molecule has 2 nitrogen and oxygen atoms in total. The average molecular weight is 291 g/mol. The summed E-state index contributed by atoms with van der Waals surface area (Å²) in [5.41, 5.74) is 0. The molecule has 0 aliphatic rings. The van der Waals surface area contributed by atoms with E-state index in [9.17, 15) is 0 Å². The maximum absolute atomic E-state index is 5.62. The molecule has 17 heavy (non-hydrogen) atoms. The molecule has 0 aliphatic carbocycles. The van der Waals surface area contributed by atoms with Gasteiger partial charge in [0.2, 0.25) is 0 Å².